The average molecular weight is 347 g/mol. The number of hydrogen-bond acceptors (Lipinski definition) is 3. The SMILES string of the molecule is C=C(C)C(=O)CCOCOC.CC.CC.c1ccc2ccccc2c1. The molecule has 0 saturated carbocycles. The lowest BCUT2D eigenvalue weighted by Crippen LogP contribution is -2.05. The lowest BCUT2D eigenvalue weighted by Gasteiger charge is -2.00. The molecule has 0 bridgehead atoms. The van der Waals surface area contributed by atoms with E-state index < -0.39 is 0 Å². The molecule has 0 spiro atoms. The summed E-state index contributed by atoms with van der Waals surface area (Å²) in [5.41, 5.74) is 0.575. The number of benzene rings is 2. The van der Waals surface area contributed by atoms with Crippen LogP contribution >= 0.6 is 0 Å². The van der Waals surface area contributed by atoms with Gasteiger partial charge in [-0.25, -0.2) is 0 Å². The molecule has 140 valence electrons. The molecule has 0 heterocycles. The molecule has 0 aromatic heterocycles. The second-order valence-corrected chi connectivity index (χ2v) is 4.62. The van der Waals surface area contributed by atoms with E-state index in [9.17, 15) is 4.79 Å². The molecule has 0 saturated heterocycles. The molecule has 0 atom stereocenters. The van der Waals surface area contributed by atoms with E-state index in [0.29, 0.717) is 18.6 Å². The van der Waals surface area contributed by atoms with Crippen molar-refractivity contribution in [3.63, 3.8) is 0 Å². The van der Waals surface area contributed by atoms with Crippen LogP contribution < -0.4 is 0 Å². The first-order valence-electron chi connectivity index (χ1n) is 8.84. The molecule has 25 heavy (non-hydrogen) atoms. The summed E-state index contributed by atoms with van der Waals surface area (Å²) in [6.45, 7) is 13.9. The summed E-state index contributed by atoms with van der Waals surface area (Å²) in [6.07, 6.45) is 0.388. The fraction of sp³-hybridized carbons (Fsp3) is 0.409. The van der Waals surface area contributed by atoms with Crippen molar-refractivity contribution in [1.82, 2.24) is 0 Å². The smallest absolute Gasteiger partial charge is 0.160 e. The molecule has 0 radical (unpaired) electrons. The Kier molecular flexibility index (Phi) is 18.6. The Hall–Kier alpha value is -1.97. The number of allylic oxidation sites excluding steroid dienone is 1. The number of ether oxygens (including phenoxy) is 2. The number of rotatable bonds is 6. The van der Waals surface area contributed by atoms with Crippen molar-refractivity contribution in [2.75, 3.05) is 20.5 Å². The molecule has 0 aliphatic carbocycles. The zero-order valence-electron chi connectivity index (χ0n) is 16.7. The maximum atomic E-state index is 10.9. The molecule has 0 aliphatic heterocycles. The van der Waals surface area contributed by atoms with E-state index in [4.69, 9.17) is 4.74 Å². The van der Waals surface area contributed by atoms with E-state index in [1.54, 1.807) is 14.0 Å². The van der Waals surface area contributed by atoms with Crippen molar-refractivity contribution in [3.05, 3.63) is 60.7 Å². The monoisotopic (exact) mass is 346 g/mol. The van der Waals surface area contributed by atoms with Gasteiger partial charge in [-0.2, -0.15) is 0 Å². The van der Waals surface area contributed by atoms with Gasteiger partial charge in [-0.3, -0.25) is 4.79 Å². The minimum atomic E-state index is 0.0427. The number of carbonyl (C=O) groups excluding carboxylic acids is 1. The van der Waals surface area contributed by atoms with Gasteiger partial charge >= 0.3 is 0 Å². The van der Waals surface area contributed by atoms with E-state index in [2.05, 4.69) is 59.8 Å². The lowest BCUT2D eigenvalue weighted by molar-refractivity contribution is -0.117. The third-order valence-corrected chi connectivity index (χ3v) is 2.81. The number of ketones is 1. The molecule has 0 unspecified atom stereocenters. The zero-order valence-corrected chi connectivity index (χ0v) is 16.7. The standard InChI is InChI=1S/C10H8.C8H14O3.2C2H6/c1-2-6-10-8-4-3-7-9(10)5-1;1-7(2)8(9)4-5-11-6-10-3;2*1-2/h1-8H;1,4-6H2,2-3H3;2*1-2H3. The summed E-state index contributed by atoms with van der Waals surface area (Å²) >= 11 is 0. The molecule has 0 fully saturated rings. The normalized spacial score (nSPS) is 8.72. The van der Waals surface area contributed by atoms with E-state index in [0.717, 1.165) is 0 Å². The Labute approximate surface area is 153 Å². The van der Waals surface area contributed by atoms with Crippen LogP contribution in [0.3, 0.4) is 0 Å². The maximum absolute atomic E-state index is 10.9. The number of Topliss-reactive ketones (excluding diaryl/α,β-unsaturated/α-hetero) is 1. The van der Waals surface area contributed by atoms with Gasteiger partial charge in [0, 0.05) is 13.5 Å². The van der Waals surface area contributed by atoms with Gasteiger partial charge in [0.05, 0.1) is 6.61 Å². The highest BCUT2D eigenvalue weighted by Gasteiger charge is 2.00. The molecular weight excluding hydrogens is 312 g/mol. The first-order chi connectivity index (χ1) is 12.1. The lowest BCUT2D eigenvalue weighted by atomic mass is 10.1. The fourth-order valence-corrected chi connectivity index (χ4v) is 1.65. The third-order valence-electron chi connectivity index (χ3n) is 2.81. The summed E-state index contributed by atoms with van der Waals surface area (Å²) in [7, 11) is 1.54. The molecule has 0 aliphatic rings. The van der Waals surface area contributed by atoms with Gasteiger partial charge in [0.2, 0.25) is 0 Å². The fourth-order valence-electron chi connectivity index (χ4n) is 1.65. The highest BCUT2D eigenvalue weighted by atomic mass is 16.7. The average Bonchev–Trinajstić information content (AvgIpc) is 2.69. The van der Waals surface area contributed by atoms with Crippen LogP contribution in [0, 0.1) is 0 Å². The molecule has 3 nitrogen and oxygen atoms in total. The molecule has 0 amide bonds. The van der Waals surface area contributed by atoms with Crippen LogP contribution in [0.1, 0.15) is 41.0 Å². The second-order valence-electron chi connectivity index (χ2n) is 4.62. The Morgan fingerprint density at radius 2 is 1.32 bits per heavy atom. The van der Waals surface area contributed by atoms with Gasteiger partial charge in [-0.1, -0.05) is 82.8 Å². The Morgan fingerprint density at radius 1 is 0.920 bits per heavy atom. The number of fused-ring (bicyclic) bond motifs is 1. The minimum Gasteiger partial charge on any atom is -0.359 e. The van der Waals surface area contributed by atoms with Crippen LogP contribution in [-0.2, 0) is 14.3 Å². The first kappa shape index (κ1) is 25.3. The molecule has 2 aromatic rings. The summed E-state index contributed by atoms with van der Waals surface area (Å²) in [6, 6.07) is 16.7. The quantitative estimate of drug-likeness (QED) is 0.364. The van der Waals surface area contributed by atoms with Crippen molar-refractivity contribution in [2.24, 2.45) is 0 Å². The van der Waals surface area contributed by atoms with E-state index in [-0.39, 0.29) is 12.6 Å². The van der Waals surface area contributed by atoms with Crippen molar-refractivity contribution in [1.29, 1.82) is 0 Å². The zero-order chi connectivity index (χ0) is 19.5. The van der Waals surface area contributed by atoms with Crippen molar-refractivity contribution < 1.29 is 14.3 Å². The third kappa shape index (κ3) is 13.0. The van der Waals surface area contributed by atoms with Crippen LogP contribution in [0.5, 0.6) is 0 Å². The van der Waals surface area contributed by atoms with Gasteiger partial charge in [0.1, 0.15) is 6.79 Å². The maximum Gasteiger partial charge on any atom is 0.160 e. The van der Waals surface area contributed by atoms with Crippen molar-refractivity contribution in [2.45, 2.75) is 41.0 Å². The number of hydrogen-bond donors (Lipinski definition) is 0. The van der Waals surface area contributed by atoms with Crippen LogP contribution in [0.4, 0.5) is 0 Å². The predicted octanol–water partition coefficient (Wildman–Crippen LogP) is 6.03. The van der Waals surface area contributed by atoms with Gasteiger partial charge < -0.3 is 9.47 Å². The Balaban J connectivity index is 0. The summed E-state index contributed by atoms with van der Waals surface area (Å²) in [4.78, 5) is 10.9. The first-order valence-corrected chi connectivity index (χ1v) is 8.84. The van der Waals surface area contributed by atoms with E-state index in [1.807, 2.05) is 27.7 Å². The molecule has 3 heteroatoms. The second kappa shape index (κ2) is 18.4. The van der Waals surface area contributed by atoms with Gasteiger partial charge in [0.25, 0.3) is 0 Å². The van der Waals surface area contributed by atoms with Gasteiger partial charge in [-0.05, 0) is 23.3 Å². The summed E-state index contributed by atoms with van der Waals surface area (Å²) in [5.74, 6) is 0.0427. The molecular formula is C22H34O3. The minimum absolute atomic E-state index is 0.0427. The Morgan fingerprint density at radius 3 is 1.64 bits per heavy atom. The molecule has 0 N–H and O–H groups in total. The molecule has 2 aromatic carbocycles. The highest BCUT2D eigenvalue weighted by molar-refractivity contribution is 5.94. The van der Waals surface area contributed by atoms with Crippen LogP contribution in [0.15, 0.2) is 60.7 Å². The summed E-state index contributed by atoms with van der Waals surface area (Å²) < 4.78 is 9.55. The number of methoxy groups -OCH3 is 1. The van der Waals surface area contributed by atoms with E-state index >= 15 is 0 Å². The van der Waals surface area contributed by atoms with Crippen LogP contribution in [0.25, 0.3) is 10.8 Å². The Bertz CT molecular complexity index is 511. The van der Waals surface area contributed by atoms with Crippen molar-refractivity contribution in [3.8, 4) is 0 Å². The predicted molar refractivity (Wildman–Crippen MR) is 109 cm³/mol. The summed E-state index contributed by atoms with van der Waals surface area (Å²) in [5, 5.41) is 2.62. The largest absolute Gasteiger partial charge is 0.359 e. The number of carbonyl (C=O) groups is 1. The topological polar surface area (TPSA) is 35.5 Å². The van der Waals surface area contributed by atoms with Gasteiger partial charge in [-0.15, -0.1) is 0 Å². The van der Waals surface area contributed by atoms with Gasteiger partial charge in [0.15, 0.2) is 5.78 Å². The molecule has 2 rings (SSSR count). The van der Waals surface area contributed by atoms with Crippen molar-refractivity contribution >= 4 is 16.6 Å². The van der Waals surface area contributed by atoms with Crippen LogP contribution in [0.2, 0.25) is 0 Å². The highest BCUT2D eigenvalue weighted by Crippen LogP contribution is 2.11. The van der Waals surface area contributed by atoms with E-state index in [1.165, 1.54) is 10.8 Å². The van der Waals surface area contributed by atoms with Crippen LogP contribution in [-0.4, -0.2) is 26.3 Å².